The lowest BCUT2D eigenvalue weighted by Crippen LogP contribution is -2.58. The number of rotatable bonds is 14. The Hall–Kier alpha value is -3.88. The first-order valence-electron chi connectivity index (χ1n) is 17.5. The van der Waals surface area contributed by atoms with Crippen molar-refractivity contribution in [3.8, 4) is 0 Å². The van der Waals surface area contributed by atoms with E-state index in [4.69, 9.17) is 9.47 Å². The summed E-state index contributed by atoms with van der Waals surface area (Å²) in [5.74, 6) is -1.46. The molecule has 0 saturated heterocycles. The number of aryl methyl sites for hydroxylation is 2. The summed E-state index contributed by atoms with van der Waals surface area (Å²) in [6.07, 6.45) is 0.920. The quantitative estimate of drug-likeness (QED) is 0.199. The molecule has 3 amide bonds. The SMILES string of the molecule is Cc1cc(C)cc(C(C(=O)NC(Cc2ccccc2)C(=O)OC(C)(C)C)N(C(=O)C(NC(=O)OC(C)(C)C)C(C)C)C(C)CCC(C)C)c1. The van der Waals surface area contributed by atoms with E-state index in [1.165, 1.54) is 0 Å². The second-order valence-corrected chi connectivity index (χ2v) is 16.0. The molecule has 2 aromatic rings. The molecule has 0 saturated carbocycles. The van der Waals surface area contributed by atoms with Crippen molar-refractivity contribution < 1.29 is 28.7 Å². The molecule has 49 heavy (non-hydrogen) atoms. The number of nitrogens with one attached hydrogen (secondary N) is 2. The molecule has 0 bridgehead atoms. The average Bonchev–Trinajstić information content (AvgIpc) is 2.94. The first-order valence-corrected chi connectivity index (χ1v) is 17.5. The summed E-state index contributed by atoms with van der Waals surface area (Å²) in [5, 5.41) is 5.80. The zero-order valence-corrected chi connectivity index (χ0v) is 32.1. The summed E-state index contributed by atoms with van der Waals surface area (Å²) in [6.45, 7) is 24.4. The Bertz CT molecular complexity index is 1390. The number of alkyl carbamates (subject to hydrolysis) is 1. The van der Waals surface area contributed by atoms with Crippen LogP contribution in [0.3, 0.4) is 0 Å². The summed E-state index contributed by atoms with van der Waals surface area (Å²) in [7, 11) is 0. The summed E-state index contributed by atoms with van der Waals surface area (Å²) >= 11 is 0. The van der Waals surface area contributed by atoms with E-state index < -0.39 is 59.2 Å². The molecular formula is C40H61N3O6. The van der Waals surface area contributed by atoms with Crippen molar-refractivity contribution in [2.45, 2.75) is 145 Å². The summed E-state index contributed by atoms with van der Waals surface area (Å²) in [5.41, 5.74) is 1.76. The van der Waals surface area contributed by atoms with E-state index in [1.807, 2.05) is 83.1 Å². The van der Waals surface area contributed by atoms with Crippen LogP contribution in [-0.2, 0) is 30.3 Å². The molecule has 4 unspecified atom stereocenters. The van der Waals surface area contributed by atoms with Gasteiger partial charge in [0.05, 0.1) is 0 Å². The van der Waals surface area contributed by atoms with Crippen molar-refractivity contribution in [1.29, 1.82) is 0 Å². The van der Waals surface area contributed by atoms with Gasteiger partial charge < -0.3 is 25.0 Å². The summed E-state index contributed by atoms with van der Waals surface area (Å²) in [6, 6.07) is 11.7. The number of hydrogen-bond acceptors (Lipinski definition) is 6. The molecule has 0 aliphatic heterocycles. The number of nitrogens with zero attached hydrogens (tertiary/aromatic N) is 1. The second-order valence-electron chi connectivity index (χ2n) is 16.0. The molecule has 9 nitrogen and oxygen atoms in total. The van der Waals surface area contributed by atoms with Crippen molar-refractivity contribution in [2.24, 2.45) is 11.8 Å². The van der Waals surface area contributed by atoms with E-state index in [9.17, 15) is 19.2 Å². The highest BCUT2D eigenvalue weighted by Gasteiger charge is 2.41. The smallest absolute Gasteiger partial charge is 0.408 e. The molecule has 0 aliphatic rings. The molecule has 0 spiro atoms. The number of benzene rings is 2. The highest BCUT2D eigenvalue weighted by molar-refractivity contribution is 5.94. The van der Waals surface area contributed by atoms with E-state index >= 15 is 0 Å². The molecule has 9 heteroatoms. The first kappa shape index (κ1) is 41.3. The zero-order valence-electron chi connectivity index (χ0n) is 32.1. The van der Waals surface area contributed by atoms with Crippen LogP contribution in [0.5, 0.6) is 0 Å². The fraction of sp³-hybridized carbons (Fsp3) is 0.600. The van der Waals surface area contributed by atoms with Crippen LogP contribution >= 0.6 is 0 Å². The molecule has 272 valence electrons. The minimum absolute atomic E-state index is 0.201. The van der Waals surface area contributed by atoms with Gasteiger partial charge in [-0.2, -0.15) is 0 Å². The number of ether oxygens (including phenoxy) is 2. The molecule has 2 rings (SSSR count). The van der Waals surface area contributed by atoms with E-state index in [-0.39, 0.29) is 12.3 Å². The van der Waals surface area contributed by atoms with Crippen LogP contribution in [0.4, 0.5) is 4.79 Å². The van der Waals surface area contributed by atoms with Gasteiger partial charge in [-0.1, -0.05) is 87.4 Å². The summed E-state index contributed by atoms with van der Waals surface area (Å²) in [4.78, 5) is 57.9. The van der Waals surface area contributed by atoms with Crippen molar-refractivity contribution in [3.05, 3.63) is 70.8 Å². The van der Waals surface area contributed by atoms with E-state index in [0.717, 1.165) is 23.1 Å². The minimum Gasteiger partial charge on any atom is -0.458 e. The van der Waals surface area contributed by atoms with Gasteiger partial charge in [0.2, 0.25) is 11.8 Å². The molecule has 0 radical (unpaired) electrons. The number of carbonyl (C=O) groups is 4. The van der Waals surface area contributed by atoms with Gasteiger partial charge in [0.15, 0.2) is 0 Å². The Labute approximate surface area is 294 Å². The number of carbonyl (C=O) groups excluding carboxylic acids is 4. The highest BCUT2D eigenvalue weighted by atomic mass is 16.6. The van der Waals surface area contributed by atoms with Gasteiger partial charge in [0.1, 0.15) is 29.3 Å². The van der Waals surface area contributed by atoms with Crippen molar-refractivity contribution in [3.63, 3.8) is 0 Å². The molecule has 0 aliphatic carbocycles. The topological polar surface area (TPSA) is 114 Å². The van der Waals surface area contributed by atoms with E-state index in [2.05, 4.69) is 24.5 Å². The van der Waals surface area contributed by atoms with Gasteiger partial charge in [0, 0.05) is 12.5 Å². The van der Waals surface area contributed by atoms with Crippen molar-refractivity contribution in [2.75, 3.05) is 0 Å². The van der Waals surface area contributed by atoms with Crippen LogP contribution in [0, 0.1) is 25.7 Å². The third-order valence-corrected chi connectivity index (χ3v) is 7.87. The largest absolute Gasteiger partial charge is 0.458 e. The van der Waals surface area contributed by atoms with Crippen LogP contribution in [-0.4, -0.2) is 58.1 Å². The molecule has 2 aromatic carbocycles. The maximum Gasteiger partial charge on any atom is 0.408 e. The molecule has 0 aromatic heterocycles. The fourth-order valence-electron chi connectivity index (χ4n) is 5.69. The van der Waals surface area contributed by atoms with Gasteiger partial charge in [-0.05, 0) is 98.1 Å². The number of hydrogen-bond donors (Lipinski definition) is 2. The van der Waals surface area contributed by atoms with Crippen molar-refractivity contribution in [1.82, 2.24) is 15.5 Å². The minimum atomic E-state index is -1.12. The van der Waals surface area contributed by atoms with Crippen LogP contribution < -0.4 is 10.6 Å². The zero-order chi connectivity index (χ0) is 37.3. The van der Waals surface area contributed by atoms with Crippen LogP contribution in [0.1, 0.15) is 117 Å². The third-order valence-electron chi connectivity index (χ3n) is 7.87. The maximum absolute atomic E-state index is 14.8. The van der Waals surface area contributed by atoms with Gasteiger partial charge in [-0.15, -0.1) is 0 Å². The summed E-state index contributed by atoms with van der Waals surface area (Å²) < 4.78 is 11.3. The Morgan fingerprint density at radius 1 is 0.755 bits per heavy atom. The normalized spacial score (nSPS) is 14.4. The average molecular weight is 680 g/mol. The standard InChI is InChI=1S/C40H61N3O6/c1-25(2)19-20-29(7)43(36(45)33(26(3)4)42-38(47)49-40(11,12)13)34(31-22-27(5)21-28(6)23-31)35(44)41-32(37(46)48-39(8,9)10)24-30-17-15-14-16-18-30/h14-18,21-23,25-26,29,32-34H,19-20,24H2,1-13H3,(H,41,44)(H,42,47). The Morgan fingerprint density at radius 2 is 1.31 bits per heavy atom. The van der Waals surface area contributed by atoms with E-state index in [0.29, 0.717) is 17.9 Å². The van der Waals surface area contributed by atoms with Crippen LogP contribution in [0.15, 0.2) is 48.5 Å². The molecular weight excluding hydrogens is 618 g/mol. The first-order chi connectivity index (χ1) is 22.6. The molecule has 4 atom stereocenters. The van der Waals surface area contributed by atoms with Gasteiger partial charge in [-0.3, -0.25) is 9.59 Å². The Morgan fingerprint density at radius 3 is 1.80 bits per heavy atom. The molecule has 0 heterocycles. The van der Waals surface area contributed by atoms with E-state index in [1.54, 1.807) is 46.4 Å². The van der Waals surface area contributed by atoms with Crippen LogP contribution in [0.2, 0.25) is 0 Å². The highest BCUT2D eigenvalue weighted by Crippen LogP contribution is 2.30. The second kappa shape index (κ2) is 17.7. The molecule has 2 N–H and O–H groups in total. The van der Waals surface area contributed by atoms with Gasteiger partial charge in [-0.25, -0.2) is 9.59 Å². The lowest BCUT2D eigenvalue weighted by Gasteiger charge is -2.40. The van der Waals surface area contributed by atoms with Crippen molar-refractivity contribution >= 4 is 23.9 Å². The third kappa shape index (κ3) is 13.9. The number of esters is 1. The lowest BCUT2D eigenvalue weighted by atomic mass is 9.93. The lowest BCUT2D eigenvalue weighted by molar-refractivity contribution is -0.159. The predicted octanol–water partition coefficient (Wildman–Crippen LogP) is 7.62. The fourth-order valence-corrected chi connectivity index (χ4v) is 5.69. The number of amides is 3. The Balaban J connectivity index is 2.75. The Kier molecular flexibility index (Phi) is 14.9. The van der Waals surface area contributed by atoms with Gasteiger partial charge in [0.25, 0.3) is 0 Å². The predicted molar refractivity (Wildman–Crippen MR) is 195 cm³/mol. The molecule has 0 fully saturated rings. The monoisotopic (exact) mass is 679 g/mol. The maximum atomic E-state index is 14.8. The van der Waals surface area contributed by atoms with Gasteiger partial charge >= 0.3 is 12.1 Å². The van der Waals surface area contributed by atoms with Crippen LogP contribution in [0.25, 0.3) is 0 Å².